The lowest BCUT2D eigenvalue weighted by molar-refractivity contribution is 0.232. The van der Waals surface area contributed by atoms with E-state index in [0.717, 1.165) is 34.6 Å². The second-order valence-electron chi connectivity index (χ2n) is 11.7. The molecule has 0 saturated carbocycles. The largest absolute Gasteiger partial charge is 0.487 e. The summed E-state index contributed by atoms with van der Waals surface area (Å²) in [5.74, 6) is 2.86. The summed E-state index contributed by atoms with van der Waals surface area (Å²) in [5.41, 5.74) is 3.87. The van der Waals surface area contributed by atoms with Gasteiger partial charge in [-0.15, -0.1) is 0 Å². The summed E-state index contributed by atoms with van der Waals surface area (Å²) >= 11 is 1.42. The van der Waals surface area contributed by atoms with E-state index in [1.807, 2.05) is 51.4 Å². The van der Waals surface area contributed by atoms with Gasteiger partial charge in [0, 0.05) is 24.4 Å². The van der Waals surface area contributed by atoms with E-state index in [1.54, 1.807) is 10.9 Å². The minimum absolute atomic E-state index is 0.00809. The van der Waals surface area contributed by atoms with E-state index in [-0.39, 0.29) is 11.5 Å². The molecule has 0 radical (unpaired) electrons. The predicted molar refractivity (Wildman–Crippen MR) is 164 cm³/mol. The Kier molecular flexibility index (Phi) is 9.40. The highest BCUT2D eigenvalue weighted by Crippen LogP contribution is 2.43. The SMILES string of the molecule is CC(C)CCc1ccccc1-c1nc(NSc2cnn(C)c2)nc(Oc2ccccc2OC(C)C)c1C(C)(C)C. The second-order valence-corrected chi connectivity index (χ2v) is 12.6. The summed E-state index contributed by atoms with van der Waals surface area (Å²) < 4.78 is 17.8. The first-order valence-corrected chi connectivity index (χ1v) is 14.7. The third-order valence-corrected chi connectivity index (χ3v) is 6.98. The van der Waals surface area contributed by atoms with Gasteiger partial charge in [-0.2, -0.15) is 10.1 Å². The molecule has 0 atom stereocenters. The van der Waals surface area contributed by atoms with E-state index in [2.05, 4.69) is 68.7 Å². The molecule has 4 rings (SSSR count). The zero-order chi connectivity index (χ0) is 28.9. The first-order chi connectivity index (χ1) is 19.0. The molecule has 8 heteroatoms. The molecule has 0 aliphatic rings. The van der Waals surface area contributed by atoms with Crippen LogP contribution in [0.4, 0.5) is 5.95 Å². The van der Waals surface area contributed by atoms with Gasteiger partial charge in [0.25, 0.3) is 0 Å². The van der Waals surface area contributed by atoms with Crippen molar-refractivity contribution < 1.29 is 9.47 Å². The van der Waals surface area contributed by atoms with E-state index in [4.69, 9.17) is 19.4 Å². The first kappa shape index (κ1) is 29.5. The van der Waals surface area contributed by atoms with Crippen LogP contribution in [0.1, 0.15) is 66.0 Å². The number of aromatic nitrogens is 4. The van der Waals surface area contributed by atoms with Crippen molar-refractivity contribution in [3.05, 3.63) is 72.1 Å². The number of rotatable bonds is 11. The molecular weight excluding hydrogens is 518 g/mol. The fourth-order valence-corrected chi connectivity index (χ4v) is 5.00. The van der Waals surface area contributed by atoms with E-state index in [0.29, 0.717) is 29.2 Å². The van der Waals surface area contributed by atoms with Crippen molar-refractivity contribution in [1.29, 1.82) is 0 Å². The van der Waals surface area contributed by atoms with Crippen LogP contribution in [0.25, 0.3) is 11.3 Å². The van der Waals surface area contributed by atoms with Crippen LogP contribution < -0.4 is 14.2 Å². The van der Waals surface area contributed by atoms with E-state index in [9.17, 15) is 0 Å². The van der Waals surface area contributed by atoms with Crippen molar-refractivity contribution in [2.24, 2.45) is 13.0 Å². The Morgan fingerprint density at radius 2 is 1.65 bits per heavy atom. The fourth-order valence-electron chi connectivity index (χ4n) is 4.39. The molecule has 212 valence electrons. The van der Waals surface area contributed by atoms with Gasteiger partial charge in [0.1, 0.15) is 0 Å². The molecule has 0 saturated heterocycles. The maximum atomic E-state index is 6.62. The van der Waals surface area contributed by atoms with Gasteiger partial charge in [0.15, 0.2) is 11.5 Å². The zero-order valence-corrected chi connectivity index (χ0v) is 25.7. The molecule has 0 bridgehead atoms. The Morgan fingerprint density at radius 3 is 2.30 bits per heavy atom. The molecule has 0 spiro atoms. The summed E-state index contributed by atoms with van der Waals surface area (Å²) in [6.45, 7) is 15.0. The van der Waals surface area contributed by atoms with Crippen LogP contribution in [-0.4, -0.2) is 25.9 Å². The number of nitrogens with one attached hydrogen (secondary N) is 1. The lowest BCUT2D eigenvalue weighted by atomic mass is 9.83. The Balaban J connectivity index is 1.88. The zero-order valence-electron chi connectivity index (χ0n) is 24.9. The van der Waals surface area contributed by atoms with Crippen LogP contribution in [0.2, 0.25) is 0 Å². The number of aryl methyl sites for hydroxylation is 2. The van der Waals surface area contributed by atoms with Gasteiger partial charge in [-0.25, -0.2) is 4.98 Å². The number of nitrogens with zero attached hydrogens (tertiary/aromatic N) is 4. The molecular formula is C32H41N5O2S. The summed E-state index contributed by atoms with van der Waals surface area (Å²) in [6.07, 6.45) is 5.82. The quantitative estimate of drug-likeness (QED) is 0.185. The van der Waals surface area contributed by atoms with Crippen LogP contribution in [0.5, 0.6) is 17.4 Å². The highest BCUT2D eigenvalue weighted by Gasteiger charge is 2.29. The molecule has 0 unspecified atom stereocenters. The summed E-state index contributed by atoms with van der Waals surface area (Å²) in [4.78, 5) is 11.0. The first-order valence-electron chi connectivity index (χ1n) is 13.9. The minimum Gasteiger partial charge on any atom is -0.487 e. The molecule has 2 aromatic heterocycles. The molecule has 0 aliphatic carbocycles. The van der Waals surface area contributed by atoms with Crippen molar-refractivity contribution in [3.63, 3.8) is 0 Å². The van der Waals surface area contributed by atoms with Crippen LogP contribution in [0, 0.1) is 5.92 Å². The highest BCUT2D eigenvalue weighted by atomic mass is 32.2. The van der Waals surface area contributed by atoms with Crippen LogP contribution in [0.15, 0.2) is 65.8 Å². The number of hydrogen-bond acceptors (Lipinski definition) is 7. The van der Waals surface area contributed by atoms with Crippen LogP contribution in [0.3, 0.4) is 0 Å². The van der Waals surface area contributed by atoms with Crippen molar-refractivity contribution >= 4 is 17.9 Å². The monoisotopic (exact) mass is 559 g/mol. The molecule has 0 fully saturated rings. The number of hydrogen-bond donors (Lipinski definition) is 1. The third kappa shape index (κ3) is 7.56. The molecule has 2 aromatic carbocycles. The van der Waals surface area contributed by atoms with Crippen molar-refractivity contribution in [1.82, 2.24) is 19.7 Å². The second kappa shape index (κ2) is 12.8. The lowest BCUT2D eigenvalue weighted by Gasteiger charge is -2.26. The van der Waals surface area contributed by atoms with Crippen molar-refractivity contribution in [2.75, 3.05) is 4.72 Å². The van der Waals surface area contributed by atoms with E-state index < -0.39 is 0 Å². The van der Waals surface area contributed by atoms with Gasteiger partial charge in [-0.3, -0.25) is 9.40 Å². The number of anilines is 1. The normalized spacial score (nSPS) is 11.8. The van der Waals surface area contributed by atoms with Crippen LogP contribution >= 0.6 is 11.9 Å². The summed E-state index contributed by atoms with van der Waals surface area (Å²) in [5, 5.41) is 4.27. The highest BCUT2D eigenvalue weighted by molar-refractivity contribution is 8.00. The molecule has 4 aromatic rings. The minimum atomic E-state index is -0.307. The lowest BCUT2D eigenvalue weighted by Crippen LogP contribution is -2.18. The molecule has 40 heavy (non-hydrogen) atoms. The average molecular weight is 560 g/mol. The van der Waals surface area contributed by atoms with Crippen LogP contribution in [-0.2, 0) is 18.9 Å². The van der Waals surface area contributed by atoms with Gasteiger partial charge in [-0.1, -0.05) is 71.0 Å². The van der Waals surface area contributed by atoms with E-state index in [1.165, 1.54) is 17.5 Å². The summed E-state index contributed by atoms with van der Waals surface area (Å²) in [7, 11) is 1.90. The number of benzene rings is 2. The maximum Gasteiger partial charge on any atom is 0.237 e. The standard InChI is InChI=1S/C32H41N5O2S/c1-21(2)17-18-23-13-9-10-14-25(23)29-28(32(5,6)7)30(39-27-16-12-11-15-26(27)38-22(3)4)35-31(34-29)36-40-24-19-33-37(8)20-24/h9-16,19-22H,17-18H2,1-8H3,(H,34,35,36). The maximum absolute atomic E-state index is 6.62. The summed E-state index contributed by atoms with van der Waals surface area (Å²) in [6, 6.07) is 16.3. The predicted octanol–water partition coefficient (Wildman–Crippen LogP) is 8.46. The fraction of sp³-hybridized carbons (Fsp3) is 0.406. The Morgan fingerprint density at radius 1 is 0.950 bits per heavy atom. The molecule has 0 amide bonds. The topological polar surface area (TPSA) is 74.1 Å². The van der Waals surface area contributed by atoms with E-state index >= 15 is 0 Å². The van der Waals surface area contributed by atoms with Crippen molar-refractivity contribution in [2.45, 2.75) is 77.7 Å². The molecule has 1 N–H and O–H groups in total. The Hall–Kier alpha value is -3.52. The third-order valence-electron chi connectivity index (χ3n) is 6.25. The Labute approximate surface area is 242 Å². The van der Waals surface area contributed by atoms with Crippen molar-refractivity contribution in [3.8, 4) is 28.6 Å². The average Bonchev–Trinajstić information content (AvgIpc) is 3.31. The number of ether oxygens (including phenoxy) is 2. The number of para-hydroxylation sites is 2. The van der Waals surface area contributed by atoms with Gasteiger partial charge in [0.05, 0.1) is 22.9 Å². The van der Waals surface area contributed by atoms with Gasteiger partial charge in [0.2, 0.25) is 11.8 Å². The Bertz CT molecular complexity index is 1430. The van der Waals surface area contributed by atoms with Gasteiger partial charge >= 0.3 is 0 Å². The molecule has 7 nitrogen and oxygen atoms in total. The molecule has 0 aliphatic heterocycles. The molecule has 2 heterocycles. The van der Waals surface area contributed by atoms with Gasteiger partial charge in [-0.05, 0) is 67.7 Å². The smallest absolute Gasteiger partial charge is 0.237 e. The van der Waals surface area contributed by atoms with Gasteiger partial charge < -0.3 is 9.47 Å².